The molecule has 2 aromatic heterocycles. The first-order chi connectivity index (χ1) is 12.6. The van der Waals surface area contributed by atoms with Gasteiger partial charge in [-0.2, -0.15) is 0 Å². The first kappa shape index (κ1) is 17.0. The molecule has 0 fully saturated rings. The highest BCUT2D eigenvalue weighted by Crippen LogP contribution is 2.25. The Morgan fingerprint density at radius 1 is 1.35 bits per heavy atom. The third-order valence-corrected chi connectivity index (χ3v) is 5.10. The number of carbonyl (C=O) groups is 1. The summed E-state index contributed by atoms with van der Waals surface area (Å²) in [5.74, 6) is -0.538. The van der Waals surface area contributed by atoms with Gasteiger partial charge >= 0.3 is 0 Å². The zero-order valence-electron chi connectivity index (χ0n) is 14.2. The number of hydrogen-bond acceptors (Lipinski definition) is 3. The van der Waals surface area contributed by atoms with Crippen molar-refractivity contribution in [1.29, 1.82) is 0 Å². The molecular formula is C18H19ClFN5O. The molecule has 3 aromatic rings. The Morgan fingerprint density at radius 3 is 3.08 bits per heavy atom. The van der Waals surface area contributed by atoms with Gasteiger partial charge in [0.1, 0.15) is 12.4 Å². The van der Waals surface area contributed by atoms with Gasteiger partial charge < -0.3 is 10.3 Å². The first-order valence-electron chi connectivity index (χ1n) is 8.75. The van der Waals surface area contributed by atoms with Crippen LogP contribution in [0.25, 0.3) is 10.9 Å². The molecule has 1 aliphatic carbocycles. The van der Waals surface area contributed by atoms with Gasteiger partial charge in [0.05, 0.1) is 16.4 Å². The maximum Gasteiger partial charge on any atom is 0.241 e. The number of carbonyl (C=O) groups excluding carboxylic acids is 1. The van der Waals surface area contributed by atoms with Crippen molar-refractivity contribution in [2.24, 2.45) is 0 Å². The standard InChI is InChI=1S/C18H19ClFN5O/c19-13-7-12-11(9-22-16(12)8-14(13)20)5-6-21-18(26)10-25-17-4-2-1-3-15(17)23-24-25/h7-9,22H,1-6,10H2,(H,21,26). The van der Waals surface area contributed by atoms with Crippen molar-refractivity contribution >= 4 is 28.4 Å². The van der Waals surface area contributed by atoms with Crippen LogP contribution in [0.5, 0.6) is 0 Å². The summed E-state index contributed by atoms with van der Waals surface area (Å²) in [6, 6.07) is 3.00. The van der Waals surface area contributed by atoms with E-state index < -0.39 is 5.82 Å². The number of hydrogen-bond donors (Lipinski definition) is 2. The van der Waals surface area contributed by atoms with Crippen molar-refractivity contribution in [3.8, 4) is 0 Å². The van der Waals surface area contributed by atoms with E-state index in [0.29, 0.717) is 18.5 Å². The van der Waals surface area contributed by atoms with E-state index >= 15 is 0 Å². The van der Waals surface area contributed by atoms with Gasteiger partial charge in [-0.3, -0.25) is 4.79 Å². The molecule has 0 aliphatic heterocycles. The molecule has 0 atom stereocenters. The van der Waals surface area contributed by atoms with Crippen molar-refractivity contribution in [3.63, 3.8) is 0 Å². The number of aromatic nitrogens is 4. The lowest BCUT2D eigenvalue weighted by Gasteiger charge is -2.12. The minimum atomic E-state index is -0.447. The van der Waals surface area contributed by atoms with Crippen LogP contribution < -0.4 is 5.32 Å². The van der Waals surface area contributed by atoms with E-state index in [9.17, 15) is 9.18 Å². The molecule has 0 bridgehead atoms. The van der Waals surface area contributed by atoms with Crippen LogP contribution in [0, 0.1) is 5.82 Å². The second kappa shape index (κ2) is 7.07. The monoisotopic (exact) mass is 375 g/mol. The predicted molar refractivity (Wildman–Crippen MR) is 96.6 cm³/mol. The average molecular weight is 376 g/mol. The van der Waals surface area contributed by atoms with Gasteiger partial charge in [-0.15, -0.1) is 5.10 Å². The largest absolute Gasteiger partial charge is 0.361 e. The molecule has 0 saturated carbocycles. The molecule has 26 heavy (non-hydrogen) atoms. The predicted octanol–water partition coefficient (Wildman–Crippen LogP) is 2.79. The molecule has 2 N–H and O–H groups in total. The van der Waals surface area contributed by atoms with E-state index in [2.05, 4.69) is 20.6 Å². The number of amides is 1. The number of H-pyrrole nitrogens is 1. The van der Waals surface area contributed by atoms with Crippen LogP contribution in [0.2, 0.25) is 5.02 Å². The van der Waals surface area contributed by atoms with Crippen molar-refractivity contribution in [3.05, 3.63) is 46.1 Å². The van der Waals surface area contributed by atoms with E-state index in [1.807, 2.05) is 6.20 Å². The Hall–Kier alpha value is -2.41. The maximum absolute atomic E-state index is 13.5. The van der Waals surface area contributed by atoms with Crippen LogP contribution in [0.15, 0.2) is 18.3 Å². The highest BCUT2D eigenvalue weighted by molar-refractivity contribution is 6.31. The van der Waals surface area contributed by atoms with E-state index in [1.165, 1.54) is 6.07 Å². The fourth-order valence-corrected chi connectivity index (χ4v) is 3.62. The van der Waals surface area contributed by atoms with E-state index in [0.717, 1.165) is 48.0 Å². The Morgan fingerprint density at radius 2 is 2.19 bits per heavy atom. The zero-order valence-corrected chi connectivity index (χ0v) is 14.9. The molecule has 0 spiro atoms. The molecule has 1 aromatic carbocycles. The number of fused-ring (bicyclic) bond motifs is 2. The van der Waals surface area contributed by atoms with Gasteiger partial charge in [0.15, 0.2) is 0 Å². The normalized spacial score (nSPS) is 13.8. The summed E-state index contributed by atoms with van der Waals surface area (Å²) >= 11 is 5.86. The van der Waals surface area contributed by atoms with Crippen molar-refractivity contribution in [2.75, 3.05) is 6.54 Å². The fourth-order valence-electron chi connectivity index (χ4n) is 3.46. The molecule has 136 valence electrons. The lowest BCUT2D eigenvalue weighted by molar-refractivity contribution is -0.121. The second-order valence-electron chi connectivity index (χ2n) is 6.57. The maximum atomic E-state index is 13.5. The third kappa shape index (κ3) is 3.31. The SMILES string of the molecule is O=C(Cn1nnc2c1CCCC2)NCCc1c[nH]c2cc(F)c(Cl)cc12. The number of aromatic amines is 1. The van der Waals surface area contributed by atoms with Crippen LogP contribution in [-0.2, 0) is 30.6 Å². The number of nitrogens with zero attached hydrogens (tertiary/aromatic N) is 3. The van der Waals surface area contributed by atoms with Gasteiger partial charge in [-0.1, -0.05) is 16.8 Å². The topological polar surface area (TPSA) is 75.6 Å². The average Bonchev–Trinajstić information content (AvgIpc) is 3.20. The molecule has 0 saturated heterocycles. The highest BCUT2D eigenvalue weighted by Gasteiger charge is 2.18. The molecule has 8 heteroatoms. The molecule has 1 aliphatic rings. The van der Waals surface area contributed by atoms with Crippen LogP contribution in [0.1, 0.15) is 29.8 Å². The van der Waals surface area contributed by atoms with Gasteiger partial charge in [-0.05, 0) is 49.8 Å². The van der Waals surface area contributed by atoms with E-state index in [4.69, 9.17) is 11.6 Å². The first-order valence-corrected chi connectivity index (χ1v) is 9.12. The lowest BCUT2D eigenvalue weighted by atomic mass is 10.0. The summed E-state index contributed by atoms with van der Waals surface area (Å²) in [4.78, 5) is 15.2. The summed E-state index contributed by atoms with van der Waals surface area (Å²) < 4.78 is 15.2. The van der Waals surface area contributed by atoms with Crippen molar-refractivity contribution in [2.45, 2.75) is 38.6 Å². The third-order valence-electron chi connectivity index (χ3n) is 4.81. The van der Waals surface area contributed by atoms with Gasteiger partial charge in [0.2, 0.25) is 5.91 Å². The smallest absolute Gasteiger partial charge is 0.241 e. The molecule has 6 nitrogen and oxygen atoms in total. The molecule has 1 amide bonds. The Kier molecular flexibility index (Phi) is 4.63. The number of nitrogens with one attached hydrogen (secondary N) is 2. The molecule has 4 rings (SSSR count). The Balaban J connectivity index is 1.35. The summed E-state index contributed by atoms with van der Waals surface area (Å²) in [5, 5.41) is 12.1. The summed E-state index contributed by atoms with van der Waals surface area (Å²) in [6.07, 6.45) is 6.58. The molecular weight excluding hydrogens is 357 g/mol. The quantitative estimate of drug-likeness (QED) is 0.720. The molecule has 0 unspecified atom stereocenters. The summed E-state index contributed by atoms with van der Waals surface area (Å²) in [6.45, 7) is 0.672. The second-order valence-corrected chi connectivity index (χ2v) is 6.98. The lowest BCUT2D eigenvalue weighted by Crippen LogP contribution is -2.30. The highest BCUT2D eigenvalue weighted by atomic mass is 35.5. The fraction of sp³-hybridized carbons (Fsp3) is 0.389. The number of benzene rings is 1. The van der Waals surface area contributed by atoms with E-state index in [1.54, 1.807) is 10.7 Å². The van der Waals surface area contributed by atoms with Crippen LogP contribution in [0.3, 0.4) is 0 Å². The minimum absolute atomic E-state index is 0.0906. The van der Waals surface area contributed by atoms with Crippen molar-refractivity contribution < 1.29 is 9.18 Å². The Labute approximate surface area is 154 Å². The van der Waals surface area contributed by atoms with Crippen molar-refractivity contribution in [1.82, 2.24) is 25.3 Å². The van der Waals surface area contributed by atoms with Gasteiger partial charge in [0, 0.05) is 23.6 Å². The summed E-state index contributed by atoms with van der Waals surface area (Å²) in [5.41, 5.74) is 3.79. The van der Waals surface area contributed by atoms with Crippen LogP contribution in [0.4, 0.5) is 4.39 Å². The van der Waals surface area contributed by atoms with Gasteiger partial charge in [0.25, 0.3) is 0 Å². The molecule has 0 radical (unpaired) electrons. The molecule has 2 heterocycles. The summed E-state index contributed by atoms with van der Waals surface area (Å²) in [7, 11) is 0. The minimum Gasteiger partial charge on any atom is -0.361 e. The van der Waals surface area contributed by atoms with Gasteiger partial charge in [-0.25, -0.2) is 9.07 Å². The number of rotatable bonds is 5. The Bertz CT molecular complexity index is 964. The van der Waals surface area contributed by atoms with E-state index in [-0.39, 0.29) is 17.5 Å². The van der Waals surface area contributed by atoms with Crippen LogP contribution in [-0.4, -0.2) is 32.4 Å². The zero-order chi connectivity index (χ0) is 18.1. The number of aryl methyl sites for hydroxylation is 1. The number of halogens is 2. The van der Waals surface area contributed by atoms with Crippen LogP contribution >= 0.6 is 11.6 Å².